The van der Waals surface area contributed by atoms with Crippen molar-refractivity contribution >= 4 is 23.9 Å². The van der Waals surface area contributed by atoms with Crippen molar-refractivity contribution in [1.29, 1.82) is 0 Å². The zero-order valence-electron chi connectivity index (χ0n) is 13.0. The molecule has 0 spiro atoms. The molecule has 1 unspecified atom stereocenters. The number of carboxylic acids is 3. The number of hydrogen-bond donors (Lipinski definition) is 3. The van der Waals surface area contributed by atoms with Crippen LogP contribution in [-0.2, 0) is 36.8 Å². The van der Waals surface area contributed by atoms with Crippen LogP contribution in [0.15, 0.2) is 24.3 Å². The lowest BCUT2D eigenvalue weighted by atomic mass is 9.95. The Kier molecular flexibility index (Phi) is 6.91. The fourth-order valence-corrected chi connectivity index (χ4v) is 2.08. The van der Waals surface area contributed by atoms with Crippen LogP contribution in [0.3, 0.4) is 0 Å². The topological polar surface area (TPSA) is 138 Å². The molecule has 0 saturated heterocycles. The second-order valence-electron chi connectivity index (χ2n) is 5.10. The molecule has 1 atom stereocenters. The second kappa shape index (κ2) is 8.66. The standard InChI is InChI=1S/C16H18O8/c1-2-24-16(23)12(15(21)22)8-10-5-3-9(4-6-10)7-11(13(17)18)14(19)20/h3-6,11-12H,2,7-8H2,1H3,(H,17,18)(H,19,20)(H,21,22). The van der Waals surface area contributed by atoms with E-state index in [1.807, 2.05) is 0 Å². The van der Waals surface area contributed by atoms with Crippen molar-refractivity contribution in [1.82, 2.24) is 0 Å². The van der Waals surface area contributed by atoms with Gasteiger partial charge < -0.3 is 20.1 Å². The quantitative estimate of drug-likeness (QED) is 0.444. The van der Waals surface area contributed by atoms with Crippen LogP contribution >= 0.6 is 0 Å². The lowest BCUT2D eigenvalue weighted by molar-refractivity contribution is -0.159. The van der Waals surface area contributed by atoms with Crippen LogP contribution in [0.4, 0.5) is 0 Å². The number of carboxylic acid groups (broad SMARTS) is 3. The molecule has 0 saturated carbocycles. The first-order chi connectivity index (χ1) is 11.3. The maximum Gasteiger partial charge on any atom is 0.320 e. The van der Waals surface area contributed by atoms with Gasteiger partial charge in [0.2, 0.25) is 0 Å². The minimum atomic E-state index is -1.55. The van der Waals surface area contributed by atoms with E-state index < -0.39 is 35.7 Å². The van der Waals surface area contributed by atoms with Crippen molar-refractivity contribution in [2.75, 3.05) is 6.61 Å². The molecule has 8 heteroatoms. The van der Waals surface area contributed by atoms with Crippen molar-refractivity contribution in [2.45, 2.75) is 19.8 Å². The normalized spacial score (nSPS) is 11.8. The summed E-state index contributed by atoms with van der Waals surface area (Å²) in [5.41, 5.74) is 1.03. The largest absolute Gasteiger partial charge is 0.481 e. The first kappa shape index (κ1) is 19.1. The van der Waals surface area contributed by atoms with Gasteiger partial charge in [0.25, 0.3) is 0 Å². The number of aliphatic carboxylic acids is 3. The highest BCUT2D eigenvalue weighted by Gasteiger charge is 2.28. The first-order valence-electron chi connectivity index (χ1n) is 7.19. The van der Waals surface area contributed by atoms with E-state index in [0.29, 0.717) is 11.1 Å². The average Bonchev–Trinajstić information content (AvgIpc) is 2.50. The molecular formula is C16H18O8. The smallest absolute Gasteiger partial charge is 0.320 e. The molecule has 1 aromatic rings. The molecule has 0 aromatic heterocycles. The van der Waals surface area contributed by atoms with Crippen molar-refractivity contribution in [3.8, 4) is 0 Å². The number of benzene rings is 1. The van der Waals surface area contributed by atoms with Gasteiger partial charge in [0, 0.05) is 0 Å². The van der Waals surface area contributed by atoms with E-state index in [-0.39, 0.29) is 19.4 Å². The van der Waals surface area contributed by atoms with Crippen LogP contribution in [0.1, 0.15) is 18.1 Å². The Balaban J connectivity index is 2.83. The lowest BCUT2D eigenvalue weighted by Gasteiger charge is -2.12. The van der Waals surface area contributed by atoms with E-state index in [2.05, 4.69) is 0 Å². The van der Waals surface area contributed by atoms with Crippen LogP contribution < -0.4 is 0 Å². The number of carbonyl (C=O) groups excluding carboxylic acids is 1. The molecule has 1 aromatic carbocycles. The van der Waals surface area contributed by atoms with Crippen molar-refractivity contribution in [2.24, 2.45) is 11.8 Å². The summed E-state index contributed by atoms with van der Waals surface area (Å²) in [5.74, 6) is -7.87. The molecule has 0 aliphatic heterocycles. The van der Waals surface area contributed by atoms with E-state index in [0.717, 1.165) is 0 Å². The summed E-state index contributed by atoms with van der Waals surface area (Å²) in [6.07, 6.45) is -0.263. The van der Waals surface area contributed by atoms with Crippen molar-refractivity contribution in [3.05, 3.63) is 35.4 Å². The highest BCUT2D eigenvalue weighted by molar-refractivity contribution is 5.94. The van der Waals surface area contributed by atoms with Crippen molar-refractivity contribution < 1.29 is 39.2 Å². The van der Waals surface area contributed by atoms with Gasteiger partial charge in [0.15, 0.2) is 11.8 Å². The third kappa shape index (κ3) is 5.38. The van der Waals surface area contributed by atoms with Crippen LogP contribution in [0, 0.1) is 11.8 Å². The summed E-state index contributed by atoms with van der Waals surface area (Å²) >= 11 is 0. The molecule has 130 valence electrons. The van der Waals surface area contributed by atoms with E-state index in [1.54, 1.807) is 6.92 Å². The lowest BCUT2D eigenvalue weighted by Crippen LogP contribution is -2.28. The van der Waals surface area contributed by atoms with Gasteiger partial charge in [0.05, 0.1) is 6.61 Å². The van der Waals surface area contributed by atoms with Crippen LogP contribution in [0.25, 0.3) is 0 Å². The molecule has 3 N–H and O–H groups in total. The molecular weight excluding hydrogens is 320 g/mol. The van der Waals surface area contributed by atoms with E-state index in [9.17, 15) is 19.2 Å². The third-order valence-electron chi connectivity index (χ3n) is 3.37. The van der Waals surface area contributed by atoms with Gasteiger partial charge >= 0.3 is 23.9 Å². The highest BCUT2D eigenvalue weighted by atomic mass is 16.5. The van der Waals surface area contributed by atoms with Crippen LogP contribution in [0.5, 0.6) is 0 Å². The number of hydrogen-bond acceptors (Lipinski definition) is 5. The molecule has 0 heterocycles. The average molecular weight is 338 g/mol. The van der Waals surface area contributed by atoms with Crippen molar-refractivity contribution in [3.63, 3.8) is 0 Å². The van der Waals surface area contributed by atoms with Crippen LogP contribution in [-0.4, -0.2) is 45.8 Å². The van der Waals surface area contributed by atoms with Crippen LogP contribution in [0.2, 0.25) is 0 Å². The number of carbonyl (C=O) groups is 4. The fourth-order valence-electron chi connectivity index (χ4n) is 2.08. The number of rotatable bonds is 9. The summed E-state index contributed by atoms with van der Waals surface area (Å²) in [6.45, 7) is 1.65. The molecule has 0 radical (unpaired) electrons. The summed E-state index contributed by atoms with van der Waals surface area (Å²) < 4.78 is 4.72. The minimum Gasteiger partial charge on any atom is -0.481 e. The number of ether oxygens (including phenoxy) is 1. The van der Waals surface area contributed by atoms with Gasteiger partial charge in [-0.05, 0) is 30.9 Å². The maximum absolute atomic E-state index is 11.6. The Labute approximate surface area is 137 Å². The van der Waals surface area contributed by atoms with Gasteiger partial charge in [0.1, 0.15) is 0 Å². The van der Waals surface area contributed by atoms with Gasteiger partial charge in [-0.25, -0.2) is 0 Å². The zero-order valence-corrected chi connectivity index (χ0v) is 13.0. The predicted molar refractivity (Wildman–Crippen MR) is 80.4 cm³/mol. The molecule has 24 heavy (non-hydrogen) atoms. The Hall–Kier alpha value is -2.90. The molecule has 0 aliphatic carbocycles. The number of esters is 1. The minimum absolute atomic E-state index is 0.0737. The zero-order chi connectivity index (χ0) is 18.3. The molecule has 0 fully saturated rings. The van der Waals surface area contributed by atoms with Gasteiger partial charge in [-0.2, -0.15) is 0 Å². The summed E-state index contributed by atoms with van der Waals surface area (Å²) in [7, 11) is 0. The first-order valence-corrected chi connectivity index (χ1v) is 7.19. The van der Waals surface area contributed by atoms with Gasteiger partial charge in [-0.1, -0.05) is 24.3 Å². The SMILES string of the molecule is CCOC(=O)C(Cc1ccc(CC(C(=O)O)C(=O)O)cc1)C(=O)O. The Morgan fingerprint density at radius 3 is 1.54 bits per heavy atom. The molecule has 8 nitrogen and oxygen atoms in total. The van der Waals surface area contributed by atoms with Gasteiger partial charge in [-0.15, -0.1) is 0 Å². The highest BCUT2D eigenvalue weighted by Crippen LogP contribution is 2.15. The Bertz CT molecular complexity index is 605. The third-order valence-corrected chi connectivity index (χ3v) is 3.37. The molecule has 0 aliphatic rings. The molecule has 0 amide bonds. The van der Waals surface area contributed by atoms with Gasteiger partial charge in [-0.3, -0.25) is 19.2 Å². The van der Waals surface area contributed by atoms with E-state index >= 15 is 0 Å². The summed E-state index contributed by atoms with van der Waals surface area (Å²) in [4.78, 5) is 44.5. The molecule has 0 bridgehead atoms. The van der Waals surface area contributed by atoms with E-state index in [4.69, 9.17) is 20.1 Å². The summed E-state index contributed by atoms with van der Waals surface area (Å²) in [6, 6.07) is 6.09. The Morgan fingerprint density at radius 2 is 1.21 bits per heavy atom. The van der Waals surface area contributed by atoms with E-state index in [1.165, 1.54) is 24.3 Å². The monoisotopic (exact) mass is 338 g/mol. The predicted octanol–water partition coefficient (Wildman–Crippen LogP) is 0.821. The summed E-state index contributed by atoms with van der Waals surface area (Å²) in [5, 5.41) is 26.8. The maximum atomic E-state index is 11.6. The molecule has 1 rings (SSSR count). The Morgan fingerprint density at radius 1 is 0.833 bits per heavy atom. The second-order valence-corrected chi connectivity index (χ2v) is 5.10. The fraction of sp³-hybridized carbons (Fsp3) is 0.375.